The second-order valence-electron chi connectivity index (χ2n) is 11.3. The smallest absolute Gasteiger partial charge is 0.221 e. The Morgan fingerprint density at radius 3 is 1.00 bits per heavy atom. The highest BCUT2D eigenvalue weighted by Gasteiger charge is 1.99. The predicted molar refractivity (Wildman–Crippen MR) is 201 cm³/mol. The summed E-state index contributed by atoms with van der Waals surface area (Å²) in [4.78, 5) is 11.0. The number of hydrogen-bond donors (Lipinski definition) is 1. The number of ether oxygens (including phenoxy) is 13. The molecule has 0 aromatic heterocycles. The van der Waals surface area contributed by atoms with Crippen molar-refractivity contribution in [2.24, 2.45) is 0 Å². The molecule has 0 spiro atoms. The molecule has 2 aromatic carbocycles. The summed E-state index contributed by atoms with van der Waals surface area (Å²) in [6, 6.07) is 17.2. The van der Waals surface area contributed by atoms with Gasteiger partial charge in [-0.1, -0.05) is 30.3 Å². The van der Waals surface area contributed by atoms with Crippen molar-refractivity contribution >= 4 is 11.6 Å². The van der Waals surface area contributed by atoms with Gasteiger partial charge in [-0.25, -0.2) is 0 Å². The number of benzene rings is 2. The minimum absolute atomic E-state index is 0.109. The van der Waals surface area contributed by atoms with Gasteiger partial charge in [-0.15, -0.1) is 0 Å². The van der Waals surface area contributed by atoms with E-state index in [9.17, 15) is 4.79 Å². The number of amides is 1. The average molecular weight is 770 g/mol. The summed E-state index contributed by atoms with van der Waals surface area (Å²) >= 11 is 0. The lowest BCUT2D eigenvalue weighted by Crippen LogP contribution is -2.15. The van der Waals surface area contributed by atoms with Gasteiger partial charge in [-0.3, -0.25) is 4.79 Å². The van der Waals surface area contributed by atoms with E-state index in [-0.39, 0.29) is 5.91 Å². The van der Waals surface area contributed by atoms with Crippen LogP contribution < -0.4 is 10.1 Å². The van der Waals surface area contributed by atoms with Crippen molar-refractivity contribution in [3.63, 3.8) is 0 Å². The molecule has 15 nitrogen and oxygen atoms in total. The molecule has 2 aromatic rings. The van der Waals surface area contributed by atoms with Gasteiger partial charge in [0.15, 0.2) is 0 Å². The van der Waals surface area contributed by atoms with Crippen LogP contribution in [0.25, 0.3) is 0 Å². The van der Waals surface area contributed by atoms with Crippen LogP contribution in [-0.4, -0.2) is 164 Å². The number of nitrogens with one attached hydrogen (secondary N) is 1. The quantitative estimate of drug-likeness (QED) is 0.0987. The van der Waals surface area contributed by atoms with Gasteiger partial charge in [-0.2, -0.15) is 0 Å². The molecule has 0 radical (unpaired) electrons. The maximum atomic E-state index is 11.0. The molecule has 1 amide bonds. The number of carbonyl (C=O) groups is 1. The van der Waals surface area contributed by atoms with E-state index >= 15 is 0 Å². The van der Waals surface area contributed by atoms with E-state index in [4.69, 9.17) is 61.6 Å². The second kappa shape index (κ2) is 37.2. The summed E-state index contributed by atoms with van der Waals surface area (Å²) in [7, 11) is 0. The van der Waals surface area contributed by atoms with Crippen LogP contribution >= 0.6 is 0 Å². The normalized spacial score (nSPS) is 11.3. The van der Waals surface area contributed by atoms with E-state index in [2.05, 4.69) is 5.32 Å². The maximum Gasteiger partial charge on any atom is 0.221 e. The van der Waals surface area contributed by atoms with E-state index in [0.717, 1.165) is 11.3 Å². The predicted octanol–water partition coefficient (Wildman–Crippen LogP) is 3.42. The average Bonchev–Trinajstić information content (AvgIpc) is 3.18. The first-order valence-corrected chi connectivity index (χ1v) is 18.7. The molecular weight excluding hydrogens is 706 g/mol. The van der Waals surface area contributed by atoms with Gasteiger partial charge < -0.3 is 66.9 Å². The molecule has 54 heavy (non-hydrogen) atoms. The topological polar surface area (TPSA) is 149 Å². The van der Waals surface area contributed by atoms with E-state index in [1.54, 1.807) is 24.3 Å². The van der Waals surface area contributed by atoms with E-state index < -0.39 is 0 Å². The zero-order chi connectivity index (χ0) is 38.3. The molecule has 0 heterocycles. The van der Waals surface area contributed by atoms with Crippen LogP contribution in [0.2, 0.25) is 0 Å². The third-order valence-electron chi connectivity index (χ3n) is 6.87. The van der Waals surface area contributed by atoms with Gasteiger partial charge in [0.25, 0.3) is 0 Å². The first kappa shape index (κ1) is 47.4. The summed E-state index contributed by atoms with van der Waals surface area (Å²) in [5.41, 5.74) is 1.89. The Balaban J connectivity index is 1.14. The number of anilines is 1. The van der Waals surface area contributed by atoms with Crippen LogP contribution in [0, 0.1) is 0 Å². The van der Waals surface area contributed by atoms with Crippen molar-refractivity contribution < 1.29 is 66.4 Å². The van der Waals surface area contributed by atoms with E-state index in [0.29, 0.717) is 171 Å². The molecule has 0 unspecified atom stereocenters. The molecule has 0 bridgehead atoms. The number of hydrogen-bond acceptors (Lipinski definition) is 14. The zero-order valence-electron chi connectivity index (χ0n) is 32.1. The van der Waals surface area contributed by atoms with Gasteiger partial charge >= 0.3 is 0 Å². The molecule has 0 saturated carbocycles. The van der Waals surface area contributed by atoms with Crippen molar-refractivity contribution in [2.75, 3.05) is 164 Å². The Labute approximate surface area is 321 Å². The van der Waals surface area contributed by atoms with Crippen LogP contribution in [-0.2, 0) is 68.2 Å². The molecule has 15 heteroatoms. The minimum atomic E-state index is -0.109. The van der Waals surface area contributed by atoms with Gasteiger partial charge in [0.05, 0.1) is 159 Å². The number of carbonyl (C=O) groups excluding carboxylic acids is 1. The lowest BCUT2D eigenvalue weighted by Gasteiger charge is -2.09. The summed E-state index contributed by atoms with van der Waals surface area (Å²) < 4.78 is 71.6. The lowest BCUT2D eigenvalue weighted by atomic mass is 10.2. The summed E-state index contributed by atoms with van der Waals surface area (Å²) in [5, 5.41) is 2.71. The number of rotatable bonds is 40. The first-order chi connectivity index (χ1) is 26.7. The van der Waals surface area contributed by atoms with Crippen molar-refractivity contribution in [3.05, 3.63) is 60.2 Å². The molecular formula is C39H63NO14. The first-order valence-electron chi connectivity index (χ1n) is 18.7. The Kier molecular flexibility index (Phi) is 32.6. The summed E-state index contributed by atoms with van der Waals surface area (Å²) in [6.07, 6.45) is 0. The van der Waals surface area contributed by atoms with Crippen LogP contribution in [0.15, 0.2) is 54.6 Å². The standard InChI is InChI=1S/C39H63NO14/c1-36(41)40-38-7-9-39(10-8-38)54-34-33-52-30-29-50-26-25-48-22-21-46-18-17-44-14-13-42-11-12-43-15-16-45-19-20-47-23-24-49-27-28-51-31-32-53-35-37-5-3-2-4-6-37/h2-10H,11-35H2,1H3,(H,40,41). The van der Waals surface area contributed by atoms with Gasteiger partial charge in [-0.05, 0) is 29.8 Å². The second-order valence-corrected chi connectivity index (χ2v) is 11.3. The molecule has 1 N–H and O–H groups in total. The highest BCUT2D eigenvalue weighted by atomic mass is 16.6. The Morgan fingerprint density at radius 2 is 0.685 bits per heavy atom. The van der Waals surface area contributed by atoms with E-state index in [1.165, 1.54) is 6.92 Å². The van der Waals surface area contributed by atoms with Crippen LogP contribution in [0.4, 0.5) is 5.69 Å². The van der Waals surface area contributed by atoms with Crippen molar-refractivity contribution in [3.8, 4) is 5.75 Å². The highest BCUT2D eigenvalue weighted by Crippen LogP contribution is 2.15. The van der Waals surface area contributed by atoms with Crippen molar-refractivity contribution in [1.29, 1.82) is 0 Å². The largest absolute Gasteiger partial charge is 0.491 e. The van der Waals surface area contributed by atoms with Crippen molar-refractivity contribution in [2.45, 2.75) is 13.5 Å². The van der Waals surface area contributed by atoms with Crippen molar-refractivity contribution in [1.82, 2.24) is 0 Å². The monoisotopic (exact) mass is 769 g/mol. The van der Waals surface area contributed by atoms with E-state index in [1.807, 2.05) is 30.3 Å². The molecule has 0 saturated heterocycles. The highest BCUT2D eigenvalue weighted by molar-refractivity contribution is 5.88. The lowest BCUT2D eigenvalue weighted by molar-refractivity contribution is -0.114. The molecule has 0 fully saturated rings. The van der Waals surface area contributed by atoms with Gasteiger partial charge in [0.1, 0.15) is 12.4 Å². The molecule has 0 aliphatic rings. The third kappa shape index (κ3) is 31.6. The van der Waals surface area contributed by atoms with Crippen LogP contribution in [0.1, 0.15) is 12.5 Å². The zero-order valence-corrected chi connectivity index (χ0v) is 32.1. The fraction of sp³-hybridized carbons (Fsp3) is 0.667. The molecule has 2 rings (SSSR count). The summed E-state index contributed by atoms with van der Waals surface area (Å²) in [6.45, 7) is 14.1. The molecule has 0 aliphatic carbocycles. The molecule has 0 aliphatic heterocycles. The Morgan fingerprint density at radius 1 is 0.389 bits per heavy atom. The van der Waals surface area contributed by atoms with Gasteiger partial charge in [0.2, 0.25) is 5.91 Å². The third-order valence-corrected chi connectivity index (χ3v) is 6.87. The van der Waals surface area contributed by atoms with Crippen LogP contribution in [0.5, 0.6) is 5.75 Å². The summed E-state index contributed by atoms with van der Waals surface area (Å²) in [5.74, 6) is 0.606. The van der Waals surface area contributed by atoms with Crippen LogP contribution in [0.3, 0.4) is 0 Å². The molecule has 0 atom stereocenters. The van der Waals surface area contributed by atoms with Gasteiger partial charge in [0, 0.05) is 12.6 Å². The fourth-order valence-electron chi connectivity index (χ4n) is 4.24. The maximum absolute atomic E-state index is 11.0. The Bertz CT molecular complexity index is 1080. The fourth-order valence-corrected chi connectivity index (χ4v) is 4.24. The Hall–Kier alpha value is -2.77. The SMILES string of the molecule is CC(=O)Nc1ccc(OCCOCCOCCOCCOCCOCCOCCOCCOCCOCCOCCOCCOCc2ccccc2)cc1. The molecule has 308 valence electrons. The minimum Gasteiger partial charge on any atom is -0.491 e.